The Labute approximate surface area is 131 Å². The van der Waals surface area contributed by atoms with Gasteiger partial charge in [0.15, 0.2) is 6.79 Å². The van der Waals surface area contributed by atoms with Gasteiger partial charge in [-0.3, -0.25) is 0 Å². The second kappa shape index (κ2) is 5.95. The number of anilines is 1. The van der Waals surface area contributed by atoms with Crippen LogP contribution in [0, 0.1) is 6.92 Å². The lowest BCUT2D eigenvalue weighted by atomic mass is 10.1. The molecular formula is C16H16BrNO3. The van der Waals surface area contributed by atoms with Crippen molar-refractivity contribution in [1.29, 1.82) is 0 Å². The molecule has 3 rings (SSSR count). The molecule has 21 heavy (non-hydrogen) atoms. The Morgan fingerprint density at radius 1 is 1.29 bits per heavy atom. The Morgan fingerprint density at radius 2 is 2.14 bits per heavy atom. The molecule has 0 spiro atoms. The van der Waals surface area contributed by atoms with Crippen LogP contribution in [0.25, 0.3) is 0 Å². The highest BCUT2D eigenvalue weighted by molar-refractivity contribution is 9.10. The van der Waals surface area contributed by atoms with Gasteiger partial charge in [0.05, 0.1) is 11.1 Å². The van der Waals surface area contributed by atoms with Crippen molar-refractivity contribution < 1.29 is 14.2 Å². The monoisotopic (exact) mass is 349 g/mol. The van der Waals surface area contributed by atoms with Crippen molar-refractivity contribution >= 4 is 21.6 Å². The van der Waals surface area contributed by atoms with Crippen LogP contribution in [0.1, 0.15) is 16.7 Å². The number of nitrogen functional groups attached to an aromatic ring is 1. The second-order valence-electron chi connectivity index (χ2n) is 5.00. The van der Waals surface area contributed by atoms with Crippen LogP contribution in [0.3, 0.4) is 0 Å². The molecule has 5 heteroatoms. The van der Waals surface area contributed by atoms with Gasteiger partial charge in [-0.25, -0.2) is 0 Å². The van der Waals surface area contributed by atoms with Gasteiger partial charge in [0.2, 0.25) is 0 Å². The lowest BCUT2D eigenvalue weighted by Gasteiger charge is -2.21. The van der Waals surface area contributed by atoms with E-state index in [1.165, 1.54) is 5.56 Å². The molecule has 2 aromatic carbocycles. The summed E-state index contributed by atoms with van der Waals surface area (Å²) in [4.78, 5) is 0. The van der Waals surface area contributed by atoms with Crippen LogP contribution in [0.4, 0.5) is 5.69 Å². The van der Waals surface area contributed by atoms with E-state index in [1.54, 1.807) is 0 Å². The minimum Gasteiger partial charge on any atom is -0.488 e. The summed E-state index contributed by atoms with van der Waals surface area (Å²) in [7, 11) is 0. The summed E-state index contributed by atoms with van der Waals surface area (Å²) in [6.45, 7) is 3.21. The van der Waals surface area contributed by atoms with Crippen molar-refractivity contribution in [3.05, 3.63) is 51.5 Å². The van der Waals surface area contributed by atoms with Crippen LogP contribution in [0.15, 0.2) is 34.8 Å². The average Bonchev–Trinajstić information content (AvgIpc) is 2.46. The molecule has 110 valence electrons. The topological polar surface area (TPSA) is 53.7 Å². The molecule has 0 bridgehead atoms. The van der Waals surface area contributed by atoms with E-state index in [1.807, 2.05) is 37.3 Å². The number of hydrogen-bond donors (Lipinski definition) is 1. The van der Waals surface area contributed by atoms with E-state index in [9.17, 15) is 0 Å². The third kappa shape index (κ3) is 3.14. The van der Waals surface area contributed by atoms with E-state index in [2.05, 4.69) is 15.9 Å². The van der Waals surface area contributed by atoms with Gasteiger partial charge in [-0.2, -0.15) is 0 Å². The van der Waals surface area contributed by atoms with Crippen LogP contribution >= 0.6 is 15.9 Å². The summed E-state index contributed by atoms with van der Waals surface area (Å²) >= 11 is 3.51. The van der Waals surface area contributed by atoms with Gasteiger partial charge < -0.3 is 19.9 Å². The number of hydrogen-bond acceptors (Lipinski definition) is 4. The number of halogens is 1. The Balaban J connectivity index is 1.83. The molecule has 0 saturated carbocycles. The maximum Gasteiger partial charge on any atom is 0.189 e. The van der Waals surface area contributed by atoms with E-state index >= 15 is 0 Å². The molecule has 2 aromatic rings. The van der Waals surface area contributed by atoms with Gasteiger partial charge in [0.25, 0.3) is 0 Å². The Morgan fingerprint density at radius 3 is 2.95 bits per heavy atom. The van der Waals surface area contributed by atoms with Crippen LogP contribution in [-0.4, -0.2) is 6.79 Å². The van der Waals surface area contributed by atoms with Gasteiger partial charge >= 0.3 is 0 Å². The first kappa shape index (κ1) is 14.2. The molecule has 0 aromatic heterocycles. The minimum absolute atomic E-state index is 0.262. The first-order valence-corrected chi connectivity index (χ1v) is 7.43. The molecule has 0 radical (unpaired) electrons. The van der Waals surface area contributed by atoms with Gasteiger partial charge in [-0.05, 0) is 52.7 Å². The molecule has 1 aliphatic heterocycles. The highest BCUT2D eigenvalue weighted by atomic mass is 79.9. The summed E-state index contributed by atoms with van der Waals surface area (Å²) < 4.78 is 17.7. The lowest BCUT2D eigenvalue weighted by molar-refractivity contribution is -0.0175. The fourth-order valence-corrected chi connectivity index (χ4v) is 2.92. The van der Waals surface area contributed by atoms with Crippen molar-refractivity contribution in [2.75, 3.05) is 12.5 Å². The highest BCUT2D eigenvalue weighted by Gasteiger charge is 2.16. The van der Waals surface area contributed by atoms with Crippen LogP contribution in [-0.2, 0) is 18.0 Å². The highest BCUT2D eigenvalue weighted by Crippen LogP contribution is 2.33. The van der Waals surface area contributed by atoms with E-state index in [-0.39, 0.29) is 6.79 Å². The summed E-state index contributed by atoms with van der Waals surface area (Å²) in [6.07, 6.45) is 0. The number of fused-ring (bicyclic) bond motifs is 1. The Kier molecular flexibility index (Phi) is 4.03. The Hall–Kier alpha value is -1.72. The van der Waals surface area contributed by atoms with Crippen LogP contribution in [0.2, 0.25) is 0 Å². The van der Waals surface area contributed by atoms with Gasteiger partial charge in [0, 0.05) is 16.8 Å². The molecule has 1 heterocycles. The third-order valence-corrected chi connectivity index (χ3v) is 3.90. The maximum absolute atomic E-state index is 5.93. The number of aryl methyl sites for hydroxylation is 1. The minimum atomic E-state index is 0.262. The first-order chi connectivity index (χ1) is 10.1. The van der Waals surface area contributed by atoms with Gasteiger partial charge in [-0.1, -0.05) is 6.07 Å². The van der Waals surface area contributed by atoms with Crippen molar-refractivity contribution in [3.8, 4) is 11.5 Å². The molecule has 0 atom stereocenters. The Bertz CT molecular complexity index is 673. The standard InChI is InChI=1S/C16H16BrNO3/c1-10-2-3-15(14(17)4-10)20-8-12-6-13(18)5-11-7-19-9-21-16(11)12/h2-6H,7-9,18H2,1H3. The maximum atomic E-state index is 5.93. The lowest BCUT2D eigenvalue weighted by Crippen LogP contribution is -2.14. The quantitative estimate of drug-likeness (QED) is 0.856. The SMILES string of the molecule is Cc1ccc(OCc2cc(N)cc3c2OCOC3)c(Br)c1. The van der Waals surface area contributed by atoms with Crippen molar-refractivity contribution in [1.82, 2.24) is 0 Å². The summed E-state index contributed by atoms with van der Waals surface area (Å²) in [6, 6.07) is 9.74. The molecule has 2 N–H and O–H groups in total. The zero-order valence-corrected chi connectivity index (χ0v) is 13.3. The first-order valence-electron chi connectivity index (χ1n) is 6.64. The van der Waals surface area contributed by atoms with Crippen LogP contribution < -0.4 is 15.2 Å². The van der Waals surface area contributed by atoms with E-state index in [4.69, 9.17) is 19.9 Å². The molecule has 0 saturated heterocycles. The molecule has 0 amide bonds. The molecule has 0 fully saturated rings. The molecule has 4 nitrogen and oxygen atoms in total. The normalized spacial score (nSPS) is 13.4. The van der Waals surface area contributed by atoms with Crippen molar-refractivity contribution in [2.45, 2.75) is 20.1 Å². The summed E-state index contributed by atoms with van der Waals surface area (Å²) in [5, 5.41) is 0. The second-order valence-corrected chi connectivity index (χ2v) is 5.86. The molecule has 0 unspecified atom stereocenters. The number of nitrogens with two attached hydrogens (primary N) is 1. The average molecular weight is 350 g/mol. The van der Waals surface area contributed by atoms with Crippen LogP contribution in [0.5, 0.6) is 11.5 Å². The summed E-state index contributed by atoms with van der Waals surface area (Å²) in [5.41, 5.74) is 9.68. The number of ether oxygens (including phenoxy) is 3. The predicted octanol–water partition coefficient (Wildman–Crippen LogP) is 3.79. The number of benzene rings is 2. The molecule has 1 aliphatic rings. The zero-order chi connectivity index (χ0) is 14.8. The zero-order valence-electron chi connectivity index (χ0n) is 11.7. The summed E-state index contributed by atoms with van der Waals surface area (Å²) in [5.74, 6) is 1.61. The fourth-order valence-electron chi connectivity index (χ4n) is 2.31. The number of rotatable bonds is 3. The van der Waals surface area contributed by atoms with Crippen molar-refractivity contribution in [2.24, 2.45) is 0 Å². The molecule has 0 aliphatic carbocycles. The smallest absolute Gasteiger partial charge is 0.189 e. The van der Waals surface area contributed by atoms with Gasteiger partial charge in [-0.15, -0.1) is 0 Å². The van der Waals surface area contributed by atoms with E-state index in [0.29, 0.717) is 18.9 Å². The fraction of sp³-hybridized carbons (Fsp3) is 0.250. The predicted molar refractivity (Wildman–Crippen MR) is 84.3 cm³/mol. The third-order valence-electron chi connectivity index (χ3n) is 3.28. The van der Waals surface area contributed by atoms with E-state index in [0.717, 1.165) is 27.1 Å². The largest absolute Gasteiger partial charge is 0.488 e. The van der Waals surface area contributed by atoms with Crippen molar-refractivity contribution in [3.63, 3.8) is 0 Å². The van der Waals surface area contributed by atoms with E-state index < -0.39 is 0 Å². The molecular weight excluding hydrogens is 334 g/mol. The van der Waals surface area contributed by atoms with Gasteiger partial charge in [0.1, 0.15) is 18.1 Å².